The lowest BCUT2D eigenvalue weighted by Gasteiger charge is -2.28. The van der Waals surface area contributed by atoms with Crippen LogP contribution in [0.5, 0.6) is 0 Å². The molecule has 1 aliphatic rings. The molecule has 1 atom stereocenters. The quantitative estimate of drug-likeness (QED) is 0.883. The molecule has 0 aromatic heterocycles. The van der Waals surface area contributed by atoms with Crippen molar-refractivity contribution in [1.82, 2.24) is 5.32 Å². The molecular formula is C16H26N2O. The molecule has 0 amide bonds. The number of rotatable bonds is 5. The van der Waals surface area contributed by atoms with E-state index in [0.29, 0.717) is 6.04 Å². The molecule has 106 valence electrons. The van der Waals surface area contributed by atoms with E-state index in [9.17, 15) is 0 Å². The van der Waals surface area contributed by atoms with Crippen LogP contribution in [-0.2, 0) is 4.74 Å². The first-order valence-electron chi connectivity index (χ1n) is 7.51. The minimum atomic E-state index is 0.449. The van der Waals surface area contributed by atoms with Crippen molar-refractivity contribution in [2.75, 3.05) is 37.7 Å². The average Bonchev–Trinajstić information content (AvgIpc) is 2.74. The fourth-order valence-electron chi connectivity index (χ4n) is 2.78. The molecule has 3 heteroatoms. The summed E-state index contributed by atoms with van der Waals surface area (Å²) in [6, 6.07) is 9.25. The van der Waals surface area contributed by atoms with Gasteiger partial charge < -0.3 is 15.0 Å². The van der Waals surface area contributed by atoms with Crippen LogP contribution in [0.2, 0.25) is 0 Å². The van der Waals surface area contributed by atoms with E-state index in [0.717, 1.165) is 45.7 Å². The molecule has 1 N–H and O–H groups in total. The molecule has 1 aliphatic heterocycles. The highest BCUT2D eigenvalue weighted by Gasteiger charge is 2.17. The molecule has 1 fully saturated rings. The van der Waals surface area contributed by atoms with E-state index in [4.69, 9.17) is 4.74 Å². The molecule has 1 heterocycles. The lowest BCUT2D eigenvalue weighted by atomic mass is 10.0. The predicted molar refractivity (Wildman–Crippen MR) is 80.8 cm³/mol. The number of hydrogen-bond donors (Lipinski definition) is 1. The number of nitrogens with one attached hydrogen (secondary N) is 1. The molecule has 1 aromatic carbocycles. The van der Waals surface area contributed by atoms with E-state index in [-0.39, 0.29) is 0 Å². The molecular weight excluding hydrogens is 236 g/mol. The third kappa shape index (κ3) is 3.71. The molecule has 2 rings (SSSR count). The van der Waals surface area contributed by atoms with Crippen LogP contribution in [0.1, 0.15) is 38.3 Å². The van der Waals surface area contributed by atoms with Crippen molar-refractivity contribution in [2.45, 2.75) is 32.7 Å². The molecule has 19 heavy (non-hydrogen) atoms. The van der Waals surface area contributed by atoms with Crippen molar-refractivity contribution in [3.8, 4) is 0 Å². The average molecular weight is 262 g/mol. The highest BCUT2D eigenvalue weighted by Crippen LogP contribution is 2.28. The number of anilines is 1. The second-order valence-corrected chi connectivity index (χ2v) is 5.03. The smallest absolute Gasteiger partial charge is 0.0641 e. The number of benzene rings is 1. The van der Waals surface area contributed by atoms with Gasteiger partial charge in [-0.2, -0.15) is 0 Å². The number of ether oxygens (including phenoxy) is 1. The third-order valence-electron chi connectivity index (χ3n) is 3.73. The molecule has 0 saturated carbocycles. The Hall–Kier alpha value is -1.06. The topological polar surface area (TPSA) is 24.5 Å². The zero-order chi connectivity index (χ0) is 13.5. The van der Waals surface area contributed by atoms with Gasteiger partial charge in [-0.1, -0.05) is 32.0 Å². The van der Waals surface area contributed by atoms with Gasteiger partial charge in [0.15, 0.2) is 0 Å². The maximum Gasteiger partial charge on any atom is 0.0641 e. The van der Waals surface area contributed by atoms with Gasteiger partial charge in [-0.05, 0) is 31.0 Å². The van der Waals surface area contributed by atoms with Crippen LogP contribution in [0.15, 0.2) is 24.3 Å². The molecule has 0 spiro atoms. The van der Waals surface area contributed by atoms with Gasteiger partial charge >= 0.3 is 0 Å². The van der Waals surface area contributed by atoms with E-state index >= 15 is 0 Å². The van der Waals surface area contributed by atoms with Crippen molar-refractivity contribution >= 4 is 5.69 Å². The second kappa shape index (κ2) is 7.51. The summed E-state index contributed by atoms with van der Waals surface area (Å²) < 4.78 is 5.56. The zero-order valence-electron chi connectivity index (χ0n) is 12.2. The largest absolute Gasteiger partial charge is 0.380 e. The van der Waals surface area contributed by atoms with Crippen molar-refractivity contribution < 1.29 is 4.74 Å². The lowest BCUT2D eigenvalue weighted by molar-refractivity contribution is 0.152. The summed E-state index contributed by atoms with van der Waals surface area (Å²) in [4.78, 5) is 2.47. The Kier molecular flexibility index (Phi) is 5.67. The highest BCUT2D eigenvalue weighted by molar-refractivity contribution is 5.55. The van der Waals surface area contributed by atoms with Gasteiger partial charge in [0.2, 0.25) is 0 Å². The molecule has 0 radical (unpaired) electrons. The summed E-state index contributed by atoms with van der Waals surface area (Å²) in [5.41, 5.74) is 2.80. The Bertz CT molecular complexity index is 373. The van der Waals surface area contributed by atoms with Crippen LogP contribution in [0, 0.1) is 0 Å². The Morgan fingerprint density at radius 2 is 2.05 bits per heavy atom. The summed E-state index contributed by atoms with van der Waals surface area (Å²) in [6.07, 6.45) is 2.24. The Balaban J connectivity index is 2.23. The third-order valence-corrected chi connectivity index (χ3v) is 3.73. The molecule has 0 bridgehead atoms. The van der Waals surface area contributed by atoms with Gasteiger partial charge in [0, 0.05) is 31.4 Å². The van der Waals surface area contributed by atoms with Crippen molar-refractivity contribution in [1.29, 1.82) is 0 Å². The van der Waals surface area contributed by atoms with Gasteiger partial charge in [-0.3, -0.25) is 0 Å². The van der Waals surface area contributed by atoms with Crippen molar-refractivity contribution in [3.05, 3.63) is 29.8 Å². The first-order valence-corrected chi connectivity index (χ1v) is 7.51. The second-order valence-electron chi connectivity index (χ2n) is 5.03. The maximum absolute atomic E-state index is 5.56. The number of nitrogens with zero attached hydrogens (tertiary/aromatic N) is 1. The van der Waals surface area contributed by atoms with Gasteiger partial charge in [-0.25, -0.2) is 0 Å². The Morgan fingerprint density at radius 1 is 1.21 bits per heavy atom. The van der Waals surface area contributed by atoms with Crippen LogP contribution in [0.4, 0.5) is 5.69 Å². The monoisotopic (exact) mass is 262 g/mol. The van der Waals surface area contributed by atoms with E-state index in [2.05, 4.69) is 48.3 Å². The van der Waals surface area contributed by atoms with Gasteiger partial charge in [0.25, 0.3) is 0 Å². The lowest BCUT2D eigenvalue weighted by Crippen LogP contribution is -2.29. The van der Waals surface area contributed by atoms with Gasteiger partial charge in [0.1, 0.15) is 0 Å². The van der Waals surface area contributed by atoms with Crippen molar-refractivity contribution in [2.24, 2.45) is 0 Å². The Morgan fingerprint density at radius 3 is 2.84 bits per heavy atom. The predicted octanol–water partition coefficient (Wildman–Crippen LogP) is 2.97. The fraction of sp³-hybridized carbons (Fsp3) is 0.625. The summed E-state index contributed by atoms with van der Waals surface area (Å²) >= 11 is 0. The summed E-state index contributed by atoms with van der Waals surface area (Å²) in [5.74, 6) is 0. The van der Waals surface area contributed by atoms with Crippen LogP contribution in [-0.4, -0.2) is 32.8 Å². The molecule has 3 nitrogen and oxygen atoms in total. The first-order chi connectivity index (χ1) is 9.36. The SMILES string of the molecule is CCNC(CC)c1ccccc1N1CCCOCC1. The fourth-order valence-corrected chi connectivity index (χ4v) is 2.78. The molecule has 1 saturated heterocycles. The zero-order valence-corrected chi connectivity index (χ0v) is 12.2. The first kappa shape index (κ1) is 14.4. The molecule has 1 aromatic rings. The molecule has 1 unspecified atom stereocenters. The van der Waals surface area contributed by atoms with E-state index in [1.54, 1.807) is 0 Å². The maximum atomic E-state index is 5.56. The summed E-state index contributed by atoms with van der Waals surface area (Å²) in [7, 11) is 0. The van der Waals surface area contributed by atoms with Crippen molar-refractivity contribution in [3.63, 3.8) is 0 Å². The van der Waals surface area contributed by atoms with E-state index < -0.39 is 0 Å². The van der Waals surface area contributed by atoms with E-state index in [1.165, 1.54) is 11.3 Å². The summed E-state index contributed by atoms with van der Waals surface area (Å²) in [5, 5.41) is 3.59. The van der Waals surface area contributed by atoms with Crippen LogP contribution < -0.4 is 10.2 Å². The van der Waals surface area contributed by atoms with Crippen LogP contribution >= 0.6 is 0 Å². The minimum Gasteiger partial charge on any atom is -0.380 e. The highest BCUT2D eigenvalue weighted by atomic mass is 16.5. The van der Waals surface area contributed by atoms with Gasteiger partial charge in [0.05, 0.1) is 6.61 Å². The van der Waals surface area contributed by atoms with Crippen LogP contribution in [0.25, 0.3) is 0 Å². The molecule has 0 aliphatic carbocycles. The Labute approximate surface area is 116 Å². The summed E-state index contributed by atoms with van der Waals surface area (Å²) in [6.45, 7) is 9.26. The van der Waals surface area contributed by atoms with E-state index in [1.807, 2.05) is 0 Å². The van der Waals surface area contributed by atoms with Crippen LogP contribution in [0.3, 0.4) is 0 Å². The number of hydrogen-bond acceptors (Lipinski definition) is 3. The van der Waals surface area contributed by atoms with Gasteiger partial charge in [-0.15, -0.1) is 0 Å². The normalized spacial score (nSPS) is 18.1. The minimum absolute atomic E-state index is 0.449. The standard InChI is InChI=1S/C16H26N2O/c1-3-15(17-4-2)14-8-5-6-9-16(14)18-10-7-12-19-13-11-18/h5-6,8-9,15,17H,3-4,7,10-13H2,1-2H3. The number of para-hydroxylation sites is 1.